The number of fused-ring (bicyclic) bond motifs is 1. The van der Waals surface area contributed by atoms with Crippen LogP contribution in [0.3, 0.4) is 0 Å². The number of rotatable bonds is 6. The molecule has 0 atom stereocenters. The molecule has 2 aromatic rings. The normalized spacial score (nSPS) is 13.3. The zero-order valence-corrected chi connectivity index (χ0v) is 20.0. The summed E-state index contributed by atoms with van der Waals surface area (Å²) in [6.45, 7) is -1.47. The average molecular weight is 565 g/mol. The fourth-order valence-electron chi connectivity index (χ4n) is 3.28. The van der Waals surface area contributed by atoms with E-state index >= 15 is 0 Å². The number of alkyl halides is 2. The summed E-state index contributed by atoms with van der Waals surface area (Å²) in [5.74, 6) is 0.348. The van der Waals surface area contributed by atoms with Crippen LogP contribution in [0.5, 0.6) is 5.75 Å². The van der Waals surface area contributed by atoms with Crippen molar-refractivity contribution in [3.63, 3.8) is 0 Å². The number of nitrogens with zero attached hydrogens (tertiary/aromatic N) is 2. The quantitative estimate of drug-likeness (QED) is 0.318. The Morgan fingerprint density at radius 1 is 1.23 bits per heavy atom. The van der Waals surface area contributed by atoms with Gasteiger partial charge in [0.1, 0.15) is 5.75 Å². The Hall–Kier alpha value is -2.14. The van der Waals surface area contributed by atoms with E-state index < -0.39 is 6.61 Å². The maximum Gasteiger partial charge on any atom is 0.387 e. The topological polar surface area (TPSA) is 66.0 Å². The number of benzene rings is 2. The van der Waals surface area contributed by atoms with E-state index in [0.29, 0.717) is 29.6 Å². The van der Waals surface area contributed by atoms with Gasteiger partial charge in [-0.15, -0.1) is 24.0 Å². The molecule has 0 radical (unpaired) electrons. The predicted molar refractivity (Wildman–Crippen MR) is 127 cm³/mol. The van der Waals surface area contributed by atoms with Gasteiger partial charge in [-0.25, -0.2) is 0 Å². The number of hydrogen-bond acceptors (Lipinski definition) is 3. The van der Waals surface area contributed by atoms with E-state index in [0.717, 1.165) is 12.0 Å². The van der Waals surface area contributed by atoms with Crippen LogP contribution in [-0.2, 0) is 24.3 Å². The van der Waals surface area contributed by atoms with Crippen LogP contribution in [0.25, 0.3) is 0 Å². The van der Waals surface area contributed by atoms with Gasteiger partial charge in [-0.05, 0) is 35.7 Å². The van der Waals surface area contributed by atoms with E-state index in [9.17, 15) is 13.6 Å². The number of nitrogens with one attached hydrogen (secondary N) is 2. The lowest BCUT2D eigenvalue weighted by Crippen LogP contribution is -2.45. The molecular formula is C21H24ClF2IN4O2. The van der Waals surface area contributed by atoms with Gasteiger partial charge in [0.2, 0.25) is 5.91 Å². The number of amides is 1. The smallest absolute Gasteiger partial charge is 0.387 e. The predicted octanol–water partition coefficient (Wildman–Crippen LogP) is 3.81. The lowest BCUT2D eigenvalue weighted by Gasteiger charge is -2.29. The van der Waals surface area contributed by atoms with Gasteiger partial charge in [-0.1, -0.05) is 35.9 Å². The van der Waals surface area contributed by atoms with E-state index in [1.165, 1.54) is 23.8 Å². The maximum atomic E-state index is 12.6. The molecule has 1 aliphatic rings. The molecule has 6 nitrogen and oxygen atoms in total. The van der Waals surface area contributed by atoms with Crippen molar-refractivity contribution in [1.82, 2.24) is 15.5 Å². The Morgan fingerprint density at radius 3 is 2.68 bits per heavy atom. The van der Waals surface area contributed by atoms with Gasteiger partial charge in [0, 0.05) is 37.3 Å². The van der Waals surface area contributed by atoms with Crippen molar-refractivity contribution in [2.24, 2.45) is 4.99 Å². The third-order valence-electron chi connectivity index (χ3n) is 4.80. The number of aliphatic imine (C=N–C) groups is 1. The van der Waals surface area contributed by atoms with Crippen LogP contribution in [0.1, 0.15) is 16.7 Å². The summed E-state index contributed by atoms with van der Waals surface area (Å²) in [6.07, 6.45) is 0.830. The molecule has 1 amide bonds. The second kappa shape index (κ2) is 12.0. The van der Waals surface area contributed by atoms with Crippen molar-refractivity contribution < 1.29 is 18.3 Å². The summed E-state index contributed by atoms with van der Waals surface area (Å²) >= 11 is 5.96. The molecule has 0 saturated carbocycles. The fraction of sp³-hybridized carbons (Fsp3) is 0.333. The summed E-state index contributed by atoms with van der Waals surface area (Å²) < 4.78 is 29.7. The lowest BCUT2D eigenvalue weighted by molar-refractivity contribution is -0.130. The Labute approximate surface area is 202 Å². The summed E-state index contributed by atoms with van der Waals surface area (Å²) in [5, 5.41) is 6.35. The molecule has 0 aromatic heterocycles. The van der Waals surface area contributed by atoms with Gasteiger partial charge < -0.3 is 20.3 Å². The molecule has 0 aliphatic carbocycles. The number of hydrogen-bond donors (Lipinski definition) is 2. The van der Waals surface area contributed by atoms with E-state index in [1.807, 2.05) is 18.2 Å². The van der Waals surface area contributed by atoms with Crippen molar-refractivity contribution in [2.75, 3.05) is 20.1 Å². The molecule has 0 fully saturated rings. The van der Waals surface area contributed by atoms with Gasteiger partial charge in [0.25, 0.3) is 0 Å². The molecule has 0 saturated heterocycles. The Bertz CT molecular complexity index is 930. The Morgan fingerprint density at radius 2 is 1.97 bits per heavy atom. The van der Waals surface area contributed by atoms with Gasteiger partial charge in [0.15, 0.2) is 5.96 Å². The maximum absolute atomic E-state index is 12.6. The van der Waals surface area contributed by atoms with Crippen molar-refractivity contribution in [2.45, 2.75) is 26.1 Å². The minimum Gasteiger partial charge on any atom is -0.434 e. The van der Waals surface area contributed by atoms with Crippen LogP contribution in [-0.4, -0.2) is 43.5 Å². The van der Waals surface area contributed by atoms with E-state index in [-0.39, 0.29) is 48.7 Å². The number of halogens is 4. The molecule has 168 valence electrons. The Kier molecular flexibility index (Phi) is 9.76. The fourth-order valence-corrected chi connectivity index (χ4v) is 3.47. The van der Waals surface area contributed by atoms with Crippen molar-refractivity contribution in [3.8, 4) is 5.75 Å². The highest BCUT2D eigenvalue weighted by molar-refractivity contribution is 14.0. The minimum absolute atomic E-state index is 0. The van der Waals surface area contributed by atoms with E-state index in [4.69, 9.17) is 11.6 Å². The van der Waals surface area contributed by atoms with Gasteiger partial charge in [-0.3, -0.25) is 9.79 Å². The third-order valence-corrected chi connectivity index (χ3v) is 5.03. The Balaban J connectivity index is 0.00000341. The zero-order valence-electron chi connectivity index (χ0n) is 16.9. The SMILES string of the molecule is CN=C(NCC(=O)N1CCc2ccccc2C1)NCc1cc(Cl)ccc1OC(F)F.I. The standard InChI is InChI=1S/C21H23ClF2N4O2.HI/c1-25-21(26-11-16-10-17(22)6-7-18(16)30-20(23)24)27-12-19(29)28-9-8-14-4-2-3-5-15(14)13-28;/h2-7,10,20H,8-9,11-13H2,1H3,(H2,25,26,27);1H. The largest absolute Gasteiger partial charge is 0.434 e. The molecule has 2 N–H and O–H groups in total. The zero-order chi connectivity index (χ0) is 21.5. The second-order valence-corrected chi connectivity index (χ2v) is 7.18. The van der Waals surface area contributed by atoms with Crippen LogP contribution >= 0.6 is 35.6 Å². The van der Waals surface area contributed by atoms with Crippen LogP contribution in [0.4, 0.5) is 8.78 Å². The molecular weight excluding hydrogens is 541 g/mol. The van der Waals surface area contributed by atoms with Crippen molar-refractivity contribution >= 4 is 47.4 Å². The van der Waals surface area contributed by atoms with Crippen molar-refractivity contribution in [1.29, 1.82) is 0 Å². The molecule has 0 spiro atoms. The highest BCUT2D eigenvalue weighted by atomic mass is 127. The van der Waals surface area contributed by atoms with E-state index in [1.54, 1.807) is 11.9 Å². The highest BCUT2D eigenvalue weighted by Crippen LogP contribution is 2.24. The molecule has 10 heteroatoms. The number of carbonyl (C=O) groups excluding carboxylic acids is 1. The van der Waals surface area contributed by atoms with E-state index in [2.05, 4.69) is 26.4 Å². The molecule has 31 heavy (non-hydrogen) atoms. The molecule has 3 rings (SSSR count). The first-order chi connectivity index (χ1) is 14.5. The first-order valence-corrected chi connectivity index (χ1v) is 9.86. The highest BCUT2D eigenvalue weighted by Gasteiger charge is 2.20. The van der Waals surface area contributed by atoms with Gasteiger partial charge in [-0.2, -0.15) is 8.78 Å². The van der Waals surface area contributed by atoms with Crippen molar-refractivity contribution in [3.05, 3.63) is 64.2 Å². The summed E-state index contributed by atoms with van der Waals surface area (Å²) in [6, 6.07) is 12.5. The number of ether oxygens (including phenoxy) is 1. The van der Waals surface area contributed by atoms with Crippen LogP contribution in [0.15, 0.2) is 47.5 Å². The molecule has 2 aromatic carbocycles. The van der Waals surface area contributed by atoms with Gasteiger partial charge >= 0.3 is 6.61 Å². The first-order valence-electron chi connectivity index (χ1n) is 9.48. The van der Waals surface area contributed by atoms with Crippen LogP contribution in [0.2, 0.25) is 5.02 Å². The minimum atomic E-state index is -2.94. The second-order valence-electron chi connectivity index (χ2n) is 6.74. The molecule has 0 unspecified atom stereocenters. The monoisotopic (exact) mass is 564 g/mol. The number of carbonyl (C=O) groups is 1. The number of guanidine groups is 1. The molecule has 1 aliphatic heterocycles. The third kappa shape index (κ3) is 7.20. The molecule has 0 bridgehead atoms. The molecule has 1 heterocycles. The first kappa shape index (κ1) is 25.1. The van der Waals surface area contributed by atoms with Gasteiger partial charge in [0.05, 0.1) is 6.54 Å². The lowest BCUT2D eigenvalue weighted by atomic mass is 10.00. The summed E-state index contributed by atoms with van der Waals surface area (Å²) in [5.41, 5.74) is 2.88. The van der Waals surface area contributed by atoms with Crippen LogP contribution < -0.4 is 15.4 Å². The van der Waals surface area contributed by atoms with Crippen LogP contribution in [0, 0.1) is 0 Å². The summed E-state index contributed by atoms with van der Waals surface area (Å²) in [7, 11) is 1.56. The summed E-state index contributed by atoms with van der Waals surface area (Å²) in [4.78, 5) is 18.5. The average Bonchev–Trinajstić information content (AvgIpc) is 2.74.